The van der Waals surface area contributed by atoms with E-state index in [0.717, 1.165) is 23.5 Å². The average Bonchev–Trinajstić information content (AvgIpc) is 2.73. The molecule has 0 amide bonds. The molecular weight excluding hydrogens is 251 g/mol. The number of hydrogen-bond acceptors (Lipinski definition) is 4. The third-order valence-electron chi connectivity index (χ3n) is 2.58. The van der Waals surface area contributed by atoms with E-state index in [4.69, 9.17) is 5.73 Å². The first kappa shape index (κ1) is 12.7. The van der Waals surface area contributed by atoms with Gasteiger partial charge in [0.25, 0.3) is 0 Å². The molecule has 0 aliphatic carbocycles. The van der Waals surface area contributed by atoms with Gasteiger partial charge in [-0.3, -0.25) is 4.79 Å². The molecule has 0 unspecified atom stereocenters. The first-order valence-corrected chi connectivity index (χ1v) is 6.45. The molecule has 0 aliphatic rings. The van der Waals surface area contributed by atoms with Gasteiger partial charge in [-0.05, 0) is 42.2 Å². The number of aromatic nitrogens is 1. The molecule has 2 aromatic rings. The van der Waals surface area contributed by atoms with E-state index in [1.54, 1.807) is 12.1 Å². The Bertz CT molecular complexity index is 563. The summed E-state index contributed by atoms with van der Waals surface area (Å²) in [5, 5.41) is 0. The maximum Gasteiger partial charge on any atom is 0.176 e. The fourth-order valence-corrected chi connectivity index (χ4v) is 2.44. The molecule has 18 heavy (non-hydrogen) atoms. The van der Waals surface area contributed by atoms with E-state index in [1.165, 1.54) is 12.1 Å². The zero-order valence-corrected chi connectivity index (χ0v) is 10.8. The lowest BCUT2D eigenvalue weighted by Gasteiger charge is -2.00. The summed E-state index contributed by atoms with van der Waals surface area (Å²) in [7, 11) is 0. The highest BCUT2D eigenvalue weighted by molar-refractivity contribution is 7.09. The molecule has 0 saturated carbocycles. The summed E-state index contributed by atoms with van der Waals surface area (Å²) in [5.41, 5.74) is 7.61. The molecule has 1 aromatic carbocycles. The molecular formula is C13H13FN2OS. The Balaban J connectivity index is 2.36. The van der Waals surface area contributed by atoms with E-state index in [2.05, 4.69) is 4.37 Å². The number of nitrogens with zero attached hydrogens (tertiary/aromatic N) is 1. The Hall–Kier alpha value is -1.75. The van der Waals surface area contributed by atoms with Crippen LogP contribution < -0.4 is 5.73 Å². The minimum atomic E-state index is -0.310. The van der Waals surface area contributed by atoms with Crippen molar-refractivity contribution in [1.82, 2.24) is 4.37 Å². The van der Waals surface area contributed by atoms with Gasteiger partial charge in [-0.2, -0.15) is 4.37 Å². The second-order valence-electron chi connectivity index (χ2n) is 3.95. The minimum Gasteiger partial charge on any atom is -0.396 e. The molecule has 0 bridgehead atoms. The van der Waals surface area contributed by atoms with Crippen LogP contribution in [0.5, 0.6) is 0 Å². The van der Waals surface area contributed by atoms with Crippen LogP contribution in [0.2, 0.25) is 0 Å². The number of ketones is 1. The van der Waals surface area contributed by atoms with E-state index in [9.17, 15) is 9.18 Å². The monoisotopic (exact) mass is 264 g/mol. The minimum absolute atomic E-state index is 0.0147. The molecule has 3 nitrogen and oxygen atoms in total. The summed E-state index contributed by atoms with van der Waals surface area (Å²) in [6.07, 6.45) is 1.25. The normalized spacial score (nSPS) is 10.6. The number of carbonyl (C=O) groups is 1. The van der Waals surface area contributed by atoms with E-state index in [-0.39, 0.29) is 11.6 Å². The van der Waals surface area contributed by atoms with Gasteiger partial charge in [-0.15, -0.1) is 0 Å². The Morgan fingerprint density at radius 3 is 2.67 bits per heavy atom. The molecule has 2 N–H and O–H groups in total. The molecule has 0 atom stereocenters. The van der Waals surface area contributed by atoms with Gasteiger partial charge in [-0.25, -0.2) is 4.39 Å². The number of Topliss-reactive ketones (excluding diaryl/α,β-unsaturated/α-hetero) is 1. The standard InChI is InChI=1S/C13H13FN2OS/c1-2-3-10(17)13-11(15)12(16-18-13)8-4-6-9(14)7-5-8/h4-7H,2-3,15H2,1H3. The summed E-state index contributed by atoms with van der Waals surface area (Å²) < 4.78 is 17.0. The molecule has 0 fully saturated rings. The van der Waals surface area contributed by atoms with E-state index < -0.39 is 0 Å². The van der Waals surface area contributed by atoms with Crippen LogP contribution in [0.15, 0.2) is 24.3 Å². The molecule has 2 rings (SSSR count). The summed E-state index contributed by atoms with van der Waals surface area (Å²) in [4.78, 5) is 12.3. The van der Waals surface area contributed by atoms with Crippen LogP contribution in [0.25, 0.3) is 11.3 Å². The molecule has 1 aromatic heterocycles. The number of hydrogen-bond donors (Lipinski definition) is 1. The third-order valence-corrected chi connectivity index (χ3v) is 3.48. The average molecular weight is 264 g/mol. The topological polar surface area (TPSA) is 56.0 Å². The Morgan fingerprint density at radius 2 is 2.06 bits per heavy atom. The van der Waals surface area contributed by atoms with Gasteiger partial charge in [-0.1, -0.05) is 6.92 Å². The van der Waals surface area contributed by atoms with Crippen molar-refractivity contribution in [1.29, 1.82) is 0 Å². The Morgan fingerprint density at radius 1 is 1.39 bits per heavy atom. The second kappa shape index (κ2) is 5.27. The predicted octanol–water partition coefficient (Wildman–Crippen LogP) is 3.51. The lowest BCUT2D eigenvalue weighted by atomic mass is 10.1. The van der Waals surface area contributed by atoms with Gasteiger partial charge in [0.1, 0.15) is 16.4 Å². The smallest absolute Gasteiger partial charge is 0.176 e. The Labute approximate surface area is 109 Å². The van der Waals surface area contributed by atoms with Crippen molar-refractivity contribution in [2.75, 3.05) is 5.73 Å². The van der Waals surface area contributed by atoms with Crippen LogP contribution in [0, 0.1) is 5.82 Å². The molecule has 0 aliphatic heterocycles. The van der Waals surface area contributed by atoms with Gasteiger partial charge in [0, 0.05) is 12.0 Å². The van der Waals surface area contributed by atoms with Crippen molar-refractivity contribution >= 4 is 23.0 Å². The Kier molecular flexibility index (Phi) is 3.72. The van der Waals surface area contributed by atoms with Crippen LogP contribution in [0.1, 0.15) is 29.4 Å². The fraction of sp³-hybridized carbons (Fsp3) is 0.231. The van der Waals surface area contributed by atoms with E-state index in [1.807, 2.05) is 6.92 Å². The van der Waals surface area contributed by atoms with Gasteiger partial charge < -0.3 is 5.73 Å². The van der Waals surface area contributed by atoms with Crippen LogP contribution in [0.4, 0.5) is 10.1 Å². The first-order valence-electron chi connectivity index (χ1n) is 5.67. The number of nitrogens with two attached hydrogens (primary N) is 1. The molecule has 1 heterocycles. The van der Waals surface area contributed by atoms with Gasteiger partial charge in [0.2, 0.25) is 0 Å². The quantitative estimate of drug-likeness (QED) is 0.860. The van der Waals surface area contributed by atoms with Gasteiger partial charge in [0.15, 0.2) is 5.78 Å². The zero-order chi connectivity index (χ0) is 13.1. The van der Waals surface area contributed by atoms with Crippen LogP contribution >= 0.6 is 11.5 Å². The van der Waals surface area contributed by atoms with Crippen LogP contribution in [-0.4, -0.2) is 10.2 Å². The van der Waals surface area contributed by atoms with E-state index >= 15 is 0 Å². The van der Waals surface area contributed by atoms with Crippen molar-refractivity contribution in [3.05, 3.63) is 35.0 Å². The number of nitrogen functional groups attached to an aromatic ring is 1. The molecule has 94 valence electrons. The highest BCUT2D eigenvalue weighted by atomic mass is 32.1. The summed E-state index contributed by atoms with van der Waals surface area (Å²) in [6.45, 7) is 1.94. The molecule has 5 heteroatoms. The van der Waals surface area contributed by atoms with Crippen molar-refractivity contribution in [3.8, 4) is 11.3 Å². The van der Waals surface area contributed by atoms with E-state index in [0.29, 0.717) is 22.7 Å². The second-order valence-corrected chi connectivity index (χ2v) is 4.73. The van der Waals surface area contributed by atoms with Crippen molar-refractivity contribution in [2.24, 2.45) is 0 Å². The lowest BCUT2D eigenvalue weighted by Crippen LogP contribution is -1.99. The SMILES string of the molecule is CCCC(=O)c1snc(-c2ccc(F)cc2)c1N. The number of benzene rings is 1. The number of rotatable bonds is 4. The summed E-state index contributed by atoms with van der Waals surface area (Å²) in [6, 6.07) is 5.91. The van der Waals surface area contributed by atoms with Crippen LogP contribution in [0.3, 0.4) is 0 Å². The zero-order valence-electron chi connectivity index (χ0n) is 9.94. The predicted molar refractivity (Wildman–Crippen MR) is 71.2 cm³/mol. The lowest BCUT2D eigenvalue weighted by molar-refractivity contribution is 0.0986. The van der Waals surface area contributed by atoms with Gasteiger partial charge >= 0.3 is 0 Å². The maximum absolute atomic E-state index is 12.8. The molecule has 0 spiro atoms. The summed E-state index contributed by atoms with van der Waals surface area (Å²) in [5.74, 6) is -0.296. The third kappa shape index (κ3) is 2.41. The fourth-order valence-electron chi connectivity index (χ4n) is 1.65. The van der Waals surface area contributed by atoms with Crippen molar-refractivity contribution in [3.63, 3.8) is 0 Å². The molecule has 0 radical (unpaired) electrons. The van der Waals surface area contributed by atoms with Gasteiger partial charge in [0.05, 0.1) is 5.69 Å². The largest absolute Gasteiger partial charge is 0.396 e. The highest BCUT2D eigenvalue weighted by Gasteiger charge is 2.17. The highest BCUT2D eigenvalue weighted by Crippen LogP contribution is 2.31. The summed E-state index contributed by atoms with van der Waals surface area (Å²) >= 11 is 1.10. The number of anilines is 1. The molecule has 0 saturated heterocycles. The van der Waals surface area contributed by atoms with Crippen LogP contribution in [-0.2, 0) is 0 Å². The van der Waals surface area contributed by atoms with Crippen molar-refractivity contribution in [2.45, 2.75) is 19.8 Å². The first-order chi connectivity index (χ1) is 8.63. The number of carbonyl (C=O) groups excluding carboxylic acids is 1. The van der Waals surface area contributed by atoms with Crippen molar-refractivity contribution < 1.29 is 9.18 Å². The number of halogens is 1. The maximum atomic E-state index is 12.8.